The van der Waals surface area contributed by atoms with E-state index in [1.807, 2.05) is 115 Å². The van der Waals surface area contributed by atoms with Crippen LogP contribution in [-0.2, 0) is 0 Å². The van der Waals surface area contributed by atoms with Gasteiger partial charge in [0.15, 0.2) is 17.5 Å². The topological polar surface area (TPSA) is 85.9 Å². The average Bonchev–Trinajstić information content (AvgIpc) is 3.08. The molecule has 43 heavy (non-hydrogen) atoms. The lowest BCUT2D eigenvalue weighted by Crippen LogP contribution is -2.17. The zero-order chi connectivity index (χ0) is 28.8. The molecule has 0 fully saturated rings. The maximum absolute atomic E-state index is 13.5. The van der Waals surface area contributed by atoms with Crippen molar-refractivity contribution in [2.45, 2.75) is 0 Å². The van der Waals surface area contributed by atoms with Crippen molar-refractivity contribution in [2.24, 2.45) is 0 Å². The molecule has 0 aliphatic carbocycles. The van der Waals surface area contributed by atoms with E-state index in [1.54, 1.807) is 16.7 Å². The van der Waals surface area contributed by atoms with E-state index in [0.29, 0.717) is 34.2 Å². The summed E-state index contributed by atoms with van der Waals surface area (Å²) in [6, 6.07) is 41.2. The summed E-state index contributed by atoms with van der Waals surface area (Å²) < 4.78 is 1.59. The van der Waals surface area contributed by atoms with Crippen LogP contribution in [0.1, 0.15) is 0 Å². The standard InChI is InChI=1S/C36H22N6O/c43-35-28-17-7-8-19-30(28)38-36-37-22-29-27(18-10-20-31(29)42(35)36)25-15-9-16-26(21-25)34-40-32(23-11-3-1-4-12-23)39-33(41-34)24-13-5-2-6-14-24/h1-22H. The Bertz CT molecular complexity index is 2310. The minimum atomic E-state index is -0.142. The van der Waals surface area contributed by atoms with Gasteiger partial charge < -0.3 is 0 Å². The first-order valence-corrected chi connectivity index (χ1v) is 13.9. The van der Waals surface area contributed by atoms with E-state index in [-0.39, 0.29) is 5.56 Å². The van der Waals surface area contributed by atoms with Gasteiger partial charge in [-0.3, -0.25) is 4.79 Å². The number of para-hydroxylation sites is 1. The van der Waals surface area contributed by atoms with Gasteiger partial charge in [0, 0.05) is 28.3 Å². The summed E-state index contributed by atoms with van der Waals surface area (Å²) in [5.41, 5.74) is 5.81. The molecule has 0 unspecified atom stereocenters. The van der Waals surface area contributed by atoms with Crippen LogP contribution in [-0.4, -0.2) is 29.3 Å². The third-order valence-electron chi connectivity index (χ3n) is 7.52. The molecule has 202 valence electrons. The van der Waals surface area contributed by atoms with Crippen molar-refractivity contribution in [2.75, 3.05) is 0 Å². The highest BCUT2D eigenvalue weighted by molar-refractivity contribution is 5.96. The fourth-order valence-electron chi connectivity index (χ4n) is 5.45. The highest BCUT2D eigenvalue weighted by atomic mass is 16.1. The summed E-state index contributed by atoms with van der Waals surface area (Å²) in [6.45, 7) is 0. The Morgan fingerprint density at radius 1 is 0.488 bits per heavy atom. The van der Waals surface area contributed by atoms with Gasteiger partial charge in [-0.15, -0.1) is 0 Å². The van der Waals surface area contributed by atoms with Crippen LogP contribution in [0.15, 0.2) is 138 Å². The monoisotopic (exact) mass is 554 g/mol. The van der Waals surface area contributed by atoms with Crippen molar-refractivity contribution >= 4 is 27.6 Å². The summed E-state index contributed by atoms with van der Waals surface area (Å²) >= 11 is 0. The summed E-state index contributed by atoms with van der Waals surface area (Å²) in [4.78, 5) is 37.4. The Labute approximate surface area is 245 Å². The van der Waals surface area contributed by atoms with Gasteiger partial charge in [-0.05, 0) is 35.4 Å². The minimum absolute atomic E-state index is 0.142. The first kappa shape index (κ1) is 24.7. The number of hydrogen-bond donors (Lipinski definition) is 0. The third kappa shape index (κ3) is 4.31. The van der Waals surface area contributed by atoms with Gasteiger partial charge >= 0.3 is 0 Å². The quantitative estimate of drug-likeness (QED) is 0.168. The highest BCUT2D eigenvalue weighted by Gasteiger charge is 2.15. The molecule has 0 aliphatic rings. The zero-order valence-electron chi connectivity index (χ0n) is 22.8. The maximum atomic E-state index is 13.5. The molecule has 0 aliphatic heterocycles. The lowest BCUT2D eigenvalue weighted by atomic mass is 9.99. The molecule has 0 spiro atoms. The normalized spacial score (nSPS) is 11.3. The molecule has 8 aromatic rings. The average molecular weight is 555 g/mol. The molecule has 5 aromatic carbocycles. The summed E-state index contributed by atoms with van der Waals surface area (Å²) in [5, 5.41) is 1.40. The van der Waals surface area contributed by atoms with E-state index >= 15 is 0 Å². The third-order valence-corrected chi connectivity index (χ3v) is 7.52. The van der Waals surface area contributed by atoms with Gasteiger partial charge in [-0.2, -0.15) is 0 Å². The molecule has 0 amide bonds. The van der Waals surface area contributed by atoms with Crippen molar-refractivity contribution in [1.29, 1.82) is 0 Å². The van der Waals surface area contributed by atoms with Crippen LogP contribution in [0.2, 0.25) is 0 Å². The number of rotatable bonds is 4. The molecule has 8 rings (SSSR count). The number of fused-ring (bicyclic) bond motifs is 4. The second-order valence-electron chi connectivity index (χ2n) is 10.2. The molecule has 0 N–H and O–H groups in total. The molecule has 0 saturated heterocycles. The van der Waals surface area contributed by atoms with E-state index in [4.69, 9.17) is 15.0 Å². The molecule has 7 nitrogen and oxygen atoms in total. The number of benzene rings is 5. The van der Waals surface area contributed by atoms with Crippen LogP contribution in [0.5, 0.6) is 0 Å². The molecule has 0 atom stereocenters. The molecule has 0 saturated carbocycles. The second kappa shape index (κ2) is 10.1. The van der Waals surface area contributed by atoms with Gasteiger partial charge in [0.2, 0.25) is 5.78 Å². The van der Waals surface area contributed by atoms with Crippen molar-refractivity contribution in [3.8, 4) is 45.3 Å². The molecular formula is C36H22N6O. The van der Waals surface area contributed by atoms with Gasteiger partial charge in [0.05, 0.1) is 16.4 Å². The molecular weight excluding hydrogens is 532 g/mol. The largest absolute Gasteiger partial charge is 0.268 e. The predicted molar refractivity (Wildman–Crippen MR) is 169 cm³/mol. The number of aromatic nitrogens is 6. The smallest absolute Gasteiger partial charge is 0.267 e. The molecule has 7 heteroatoms. The Morgan fingerprint density at radius 3 is 1.79 bits per heavy atom. The SMILES string of the molecule is O=c1c2ccccc2nc2ncc3c(-c4cccc(-c5nc(-c6ccccc6)nc(-c6ccccc6)n5)c4)cccc3n12. The van der Waals surface area contributed by atoms with Crippen molar-refractivity contribution in [1.82, 2.24) is 29.3 Å². The Balaban J connectivity index is 1.31. The molecule has 0 radical (unpaired) electrons. The Hall–Kier alpha value is -6.08. The van der Waals surface area contributed by atoms with Gasteiger partial charge in [0.1, 0.15) is 0 Å². The van der Waals surface area contributed by atoms with E-state index in [0.717, 1.165) is 38.7 Å². The van der Waals surface area contributed by atoms with E-state index < -0.39 is 0 Å². The minimum Gasteiger partial charge on any atom is -0.268 e. The van der Waals surface area contributed by atoms with Crippen LogP contribution in [0.25, 0.3) is 72.9 Å². The predicted octanol–water partition coefficient (Wildman–Crippen LogP) is 7.25. The second-order valence-corrected chi connectivity index (χ2v) is 10.2. The van der Waals surface area contributed by atoms with Crippen LogP contribution in [0.4, 0.5) is 0 Å². The van der Waals surface area contributed by atoms with E-state index in [1.165, 1.54) is 0 Å². The van der Waals surface area contributed by atoms with E-state index in [9.17, 15) is 4.79 Å². The van der Waals surface area contributed by atoms with Crippen LogP contribution in [0, 0.1) is 0 Å². The fraction of sp³-hybridized carbons (Fsp3) is 0. The first-order valence-electron chi connectivity index (χ1n) is 13.9. The lowest BCUT2D eigenvalue weighted by molar-refractivity contribution is 1.07. The van der Waals surface area contributed by atoms with Crippen molar-refractivity contribution in [3.05, 3.63) is 144 Å². The van der Waals surface area contributed by atoms with Gasteiger partial charge in [-0.1, -0.05) is 103 Å². The highest BCUT2D eigenvalue weighted by Crippen LogP contribution is 2.32. The Kier molecular flexibility index (Phi) is 5.79. The number of hydrogen-bond acceptors (Lipinski definition) is 6. The molecule has 3 aromatic heterocycles. The van der Waals surface area contributed by atoms with Crippen LogP contribution in [0.3, 0.4) is 0 Å². The molecule has 3 heterocycles. The summed E-state index contributed by atoms with van der Waals surface area (Å²) in [7, 11) is 0. The van der Waals surface area contributed by atoms with Crippen molar-refractivity contribution in [3.63, 3.8) is 0 Å². The lowest BCUT2D eigenvalue weighted by Gasteiger charge is -2.12. The number of nitrogens with zero attached hydrogens (tertiary/aromatic N) is 6. The van der Waals surface area contributed by atoms with Gasteiger partial charge in [-0.25, -0.2) is 29.3 Å². The summed E-state index contributed by atoms with van der Waals surface area (Å²) in [5.74, 6) is 2.16. The van der Waals surface area contributed by atoms with Crippen LogP contribution < -0.4 is 5.56 Å². The summed E-state index contributed by atoms with van der Waals surface area (Å²) in [6.07, 6.45) is 1.79. The van der Waals surface area contributed by atoms with Gasteiger partial charge in [0.25, 0.3) is 5.56 Å². The Morgan fingerprint density at radius 2 is 1.07 bits per heavy atom. The fourth-order valence-corrected chi connectivity index (χ4v) is 5.45. The zero-order valence-corrected chi connectivity index (χ0v) is 22.8. The first-order chi connectivity index (χ1) is 21.2. The van der Waals surface area contributed by atoms with Crippen molar-refractivity contribution < 1.29 is 0 Å². The maximum Gasteiger partial charge on any atom is 0.267 e. The molecule has 0 bridgehead atoms. The van der Waals surface area contributed by atoms with E-state index in [2.05, 4.69) is 16.0 Å². The van der Waals surface area contributed by atoms with Crippen LogP contribution >= 0.6 is 0 Å².